The van der Waals surface area contributed by atoms with E-state index < -0.39 is 27.7 Å². The highest BCUT2D eigenvalue weighted by atomic mass is 31.2. The van der Waals surface area contributed by atoms with Gasteiger partial charge >= 0.3 is 12.1 Å². The Morgan fingerprint density at radius 2 is 0.868 bits per heavy atom. The van der Waals surface area contributed by atoms with Crippen LogP contribution in [0, 0.1) is 0 Å². The van der Waals surface area contributed by atoms with Crippen molar-refractivity contribution >= 4 is 52.6 Å². The van der Waals surface area contributed by atoms with Crippen LogP contribution in [0.2, 0.25) is 0 Å². The molecule has 0 aromatic carbocycles. The predicted molar refractivity (Wildman–Crippen MR) is 183 cm³/mol. The topological polar surface area (TPSA) is 441 Å². The molecule has 0 aliphatic carbocycles. The lowest BCUT2D eigenvalue weighted by Gasteiger charge is -2.01. The number of nitrogens with zero attached hydrogens (tertiary/aromatic N) is 6. The molecular weight excluding hydrogens is 750 g/mol. The minimum absolute atomic E-state index is 0. The lowest BCUT2D eigenvalue weighted by atomic mass is 10.4. The number of pyridine rings is 4. The Labute approximate surface area is 299 Å². The van der Waals surface area contributed by atoms with E-state index in [0.717, 1.165) is 11.4 Å². The lowest BCUT2D eigenvalue weighted by molar-refractivity contribution is -0.379. The third-order valence-electron chi connectivity index (χ3n) is 4.31. The summed E-state index contributed by atoms with van der Waals surface area (Å²) in [5.41, 5.74) is 11.9. The standard InChI is InChI=1S/2C13H12N6O.2H3O4P.3H2O/c2*20-13(18-16-9-11-5-1-3-7-14-11)19-17-10-12-6-2-4-8-15-12;2*1-5(2,3)4;;;/h2*1-10H,(H2,18,19,20);2*(H3,1,2,3,4);3*1H2/b2*16-9+,17-10+;;;;;. The maximum atomic E-state index is 11.3. The number of aromatic nitrogens is 4. The van der Waals surface area contributed by atoms with Crippen molar-refractivity contribution in [3.63, 3.8) is 0 Å². The average molecular weight is 787 g/mol. The lowest BCUT2D eigenvalue weighted by Crippen LogP contribution is -2.28. The number of H-pyrrole nitrogens is 2. The average Bonchev–Trinajstić information content (AvgIpc) is 3.06. The van der Waals surface area contributed by atoms with Crippen LogP contribution < -0.4 is 41.5 Å². The summed E-state index contributed by atoms with van der Waals surface area (Å²) >= 11 is 0. The Kier molecular flexibility index (Phi) is 28.7. The summed E-state index contributed by atoms with van der Waals surface area (Å²) in [5, 5.41) is 15.0. The summed E-state index contributed by atoms with van der Waals surface area (Å²) in [6, 6.07) is 20.8. The van der Waals surface area contributed by atoms with Crippen molar-refractivity contribution in [3.8, 4) is 0 Å². The SMILES string of the molecule is O.O.O.O=C(N/N=C/c1ccccn1)N/N=C/c1cccc[nH+]1.O=C(N/N=C/c1ccccn1)N/N=C/c1cccc[nH+]1.O=P([O-])(O)O.O=P([O-])(O)O. The smallest absolute Gasteiger partial charge is 0.355 e. The van der Waals surface area contributed by atoms with Crippen LogP contribution in [0.4, 0.5) is 9.59 Å². The molecule has 16 N–H and O–H groups in total. The Bertz CT molecular complexity index is 1510. The highest BCUT2D eigenvalue weighted by Crippen LogP contribution is 2.19. The summed E-state index contributed by atoms with van der Waals surface area (Å²) in [6.07, 6.45) is 12.7. The molecular formula is C26H36N12O13P2. The first-order valence-corrected chi connectivity index (χ1v) is 16.3. The molecule has 4 heterocycles. The van der Waals surface area contributed by atoms with Gasteiger partial charge < -0.3 is 45.8 Å². The molecule has 0 aliphatic rings. The normalized spacial score (nSPS) is 10.4. The van der Waals surface area contributed by atoms with Gasteiger partial charge in [-0.1, -0.05) is 12.1 Å². The number of phosphoric acid groups is 2. The molecule has 0 fully saturated rings. The van der Waals surface area contributed by atoms with Gasteiger partial charge in [-0.25, -0.2) is 41.3 Å². The quantitative estimate of drug-likeness (QED) is 0.0476. The summed E-state index contributed by atoms with van der Waals surface area (Å²) in [7, 11) is -9.78. The van der Waals surface area contributed by atoms with Gasteiger partial charge in [-0.2, -0.15) is 20.4 Å². The molecule has 27 heteroatoms. The second-order valence-corrected chi connectivity index (χ2v) is 10.2. The van der Waals surface area contributed by atoms with Crippen molar-refractivity contribution in [1.82, 2.24) is 31.7 Å². The maximum absolute atomic E-state index is 11.3. The van der Waals surface area contributed by atoms with Crippen molar-refractivity contribution in [2.24, 2.45) is 20.4 Å². The van der Waals surface area contributed by atoms with Gasteiger partial charge in [0.15, 0.2) is 12.4 Å². The van der Waals surface area contributed by atoms with Crippen LogP contribution in [-0.2, 0) is 9.13 Å². The molecule has 0 atom stereocenters. The van der Waals surface area contributed by atoms with Gasteiger partial charge in [-0.3, -0.25) is 19.1 Å². The van der Waals surface area contributed by atoms with Crippen molar-refractivity contribution in [3.05, 3.63) is 120 Å². The second kappa shape index (κ2) is 29.6. The van der Waals surface area contributed by atoms with Crippen molar-refractivity contribution in [2.45, 2.75) is 0 Å². The van der Waals surface area contributed by atoms with Gasteiger partial charge in [0.1, 0.15) is 12.4 Å². The number of carbonyl (C=O) groups is 2. The van der Waals surface area contributed by atoms with Crippen LogP contribution >= 0.6 is 15.6 Å². The Morgan fingerprint density at radius 3 is 1.13 bits per heavy atom. The van der Waals surface area contributed by atoms with E-state index in [9.17, 15) is 9.59 Å². The summed E-state index contributed by atoms with van der Waals surface area (Å²) < 4.78 is 17.5. The van der Waals surface area contributed by atoms with Crippen molar-refractivity contribution in [1.29, 1.82) is 0 Å². The highest BCUT2D eigenvalue weighted by molar-refractivity contribution is 7.43. The van der Waals surface area contributed by atoms with E-state index in [1.54, 1.807) is 49.1 Å². The molecule has 4 rings (SSSR count). The molecule has 0 saturated carbocycles. The van der Waals surface area contributed by atoms with Gasteiger partial charge in [0.05, 0.1) is 23.8 Å². The maximum Gasteiger partial charge on any atom is 0.355 e. The zero-order valence-corrected chi connectivity index (χ0v) is 28.7. The van der Waals surface area contributed by atoms with Crippen LogP contribution in [0.5, 0.6) is 0 Å². The van der Waals surface area contributed by atoms with Crippen LogP contribution in [-0.4, -0.2) is 82.9 Å². The number of carbonyl (C=O) groups excluding carboxylic acids is 2. The van der Waals surface area contributed by atoms with E-state index in [-0.39, 0.29) is 16.4 Å². The fourth-order valence-corrected chi connectivity index (χ4v) is 2.56. The predicted octanol–water partition coefficient (Wildman–Crippen LogP) is -4.47. The molecule has 53 heavy (non-hydrogen) atoms. The summed E-state index contributed by atoms with van der Waals surface area (Å²) in [6.45, 7) is 0. The molecule has 25 nitrogen and oxygen atoms in total. The van der Waals surface area contributed by atoms with Crippen LogP contribution in [0.3, 0.4) is 0 Å². The van der Waals surface area contributed by atoms with Crippen LogP contribution in [0.1, 0.15) is 22.8 Å². The highest BCUT2D eigenvalue weighted by Gasteiger charge is 1.98. The van der Waals surface area contributed by atoms with Gasteiger partial charge in [-0.15, -0.1) is 0 Å². The zero-order chi connectivity index (χ0) is 37.1. The van der Waals surface area contributed by atoms with E-state index in [2.05, 4.69) is 62.0 Å². The minimum atomic E-state index is -4.89. The molecule has 4 amide bonds. The van der Waals surface area contributed by atoms with Gasteiger partial charge in [0.25, 0.3) is 15.6 Å². The number of aromatic amines is 2. The van der Waals surface area contributed by atoms with E-state index in [4.69, 9.17) is 38.5 Å². The Hall–Kier alpha value is -6.08. The second-order valence-electron chi connectivity index (χ2n) is 8.26. The number of rotatable bonds is 8. The molecule has 0 unspecified atom stereocenters. The van der Waals surface area contributed by atoms with Crippen molar-refractivity contribution in [2.75, 3.05) is 0 Å². The number of hydrogen-bond acceptors (Lipinski definition) is 12. The fraction of sp³-hybridized carbons (Fsp3) is 0. The van der Waals surface area contributed by atoms with Gasteiger partial charge in [0, 0.05) is 36.7 Å². The molecule has 0 spiro atoms. The largest absolute Gasteiger partial charge is 0.756 e. The molecule has 0 bridgehead atoms. The van der Waals surface area contributed by atoms with Gasteiger partial charge in [0.2, 0.25) is 11.4 Å². The van der Waals surface area contributed by atoms with Gasteiger partial charge in [-0.05, 0) is 36.4 Å². The number of hydrogen-bond donors (Lipinski definition) is 8. The first-order chi connectivity index (χ1) is 23.7. The third-order valence-corrected chi connectivity index (χ3v) is 4.31. The third kappa shape index (κ3) is 35.5. The molecule has 0 radical (unpaired) electrons. The molecule has 4 aromatic heterocycles. The molecule has 0 aliphatic heterocycles. The number of amides is 4. The number of hydrazone groups is 4. The fourth-order valence-electron chi connectivity index (χ4n) is 2.56. The first-order valence-electron chi connectivity index (χ1n) is 13.2. The molecule has 288 valence electrons. The number of nitrogens with one attached hydrogen (secondary N) is 6. The van der Waals surface area contributed by atoms with Crippen molar-refractivity contribution < 1.29 is 74.5 Å². The summed E-state index contributed by atoms with van der Waals surface area (Å²) in [5.74, 6) is 0. The monoisotopic (exact) mass is 786 g/mol. The number of urea groups is 2. The minimum Gasteiger partial charge on any atom is -0.756 e. The molecule has 4 aromatic rings. The molecule has 0 saturated heterocycles. The Morgan fingerprint density at radius 1 is 0.566 bits per heavy atom. The van der Waals surface area contributed by atoms with Crippen LogP contribution in [0.25, 0.3) is 0 Å². The van der Waals surface area contributed by atoms with Crippen LogP contribution in [0.15, 0.2) is 118 Å². The first kappa shape index (κ1) is 51.3. The summed E-state index contributed by atoms with van der Waals surface area (Å²) in [4.78, 5) is 82.5. The van der Waals surface area contributed by atoms with E-state index in [1.165, 1.54) is 24.9 Å². The zero-order valence-electron chi connectivity index (χ0n) is 26.9. The van der Waals surface area contributed by atoms with E-state index in [0.29, 0.717) is 11.4 Å². The Balaban J connectivity index is -0.000000720. The van der Waals surface area contributed by atoms with E-state index >= 15 is 0 Å². The van der Waals surface area contributed by atoms with E-state index in [1.807, 2.05) is 48.5 Å².